The van der Waals surface area contributed by atoms with E-state index in [1.165, 1.54) is 10.8 Å². The standard InChI is InChI=1S/C44H28N4O/c1-4-14-31(15-5-1)41-46-42(32-16-6-2-7-17-32)48-43(47-41)33-25-23-29(24-26-33)35-27-38(37-22-12-20-30-13-10-11-21-36(30)37)40-39(28-35)49-44(45-40)34-18-8-3-9-19-34/h1-28H. The maximum atomic E-state index is 6.46. The molecule has 7 aromatic carbocycles. The Morgan fingerprint density at radius 1 is 0.347 bits per heavy atom. The molecule has 5 nitrogen and oxygen atoms in total. The van der Waals surface area contributed by atoms with Gasteiger partial charge in [0.25, 0.3) is 0 Å². The zero-order valence-electron chi connectivity index (χ0n) is 26.4. The van der Waals surface area contributed by atoms with Gasteiger partial charge in [0.05, 0.1) is 0 Å². The Bertz CT molecular complexity index is 2520. The van der Waals surface area contributed by atoms with Crippen LogP contribution in [0.25, 0.3) is 89.7 Å². The van der Waals surface area contributed by atoms with E-state index in [0.717, 1.165) is 55.6 Å². The molecule has 2 aromatic heterocycles. The first-order chi connectivity index (χ1) is 24.3. The molecule has 0 aliphatic carbocycles. The van der Waals surface area contributed by atoms with Gasteiger partial charge in [-0.1, -0.05) is 146 Å². The van der Waals surface area contributed by atoms with Crippen molar-refractivity contribution in [1.82, 2.24) is 19.9 Å². The fourth-order valence-electron chi connectivity index (χ4n) is 6.32. The van der Waals surface area contributed by atoms with Gasteiger partial charge >= 0.3 is 0 Å². The van der Waals surface area contributed by atoms with Gasteiger partial charge in [-0.3, -0.25) is 0 Å². The van der Waals surface area contributed by atoms with E-state index in [1.54, 1.807) is 0 Å². The van der Waals surface area contributed by atoms with E-state index in [2.05, 4.69) is 78.9 Å². The third-order valence-electron chi connectivity index (χ3n) is 8.77. The summed E-state index contributed by atoms with van der Waals surface area (Å²) in [6.45, 7) is 0. The van der Waals surface area contributed by atoms with Crippen molar-refractivity contribution in [3.63, 3.8) is 0 Å². The lowest BCUT2D eigenvalue weighted by Crippen LogP contribution is -2.00. The molecule has 0 N–H and O–H groups in total. The summed E-state index contributed by atoms with van der Waals surface area (Å²) in [6.07, 6.45) is 0. The lowest BCUT2D eigenvalue weighted by atomic mass is 9.94. The minimum Gasteiger partial charge on any atom is -0.436 e. The highest BCUT2D eigenvalue weighted by Gasteiger charge is 2.18. The molecule has 0 unspecified atom stereocenters. The Labute approximate surface area is 283 Å². The van der Waals surface area contributed by atoms with Crippen molar-refractivity contribution in [3.8, 4) is 67.9 Å². The van der Waals surface area contributed by atoms with E-state index in [1.807, 2.05) is 91.0 Å². The van der Waals surface area contributed by atoms with E-state index >= 15 is 0 Å². The number of benzene rings is 7. The molecule has 230 valence electrons. The summed E-state index contributed by atoms with van der Waals surface area (Å²) in [5, 5.41) is 2.35. The minimum absolute atomic E-state index is 0.600. The van der Waals surface area contributed by atoms with Gasteiger partial charge in [0.2, 0.25) is 5.89 Å². The van der Waals surface area contributed by atoms with E-state index < -0.39 is 0 Å². The van der Waals surface area contributed by atoms with Crippen molar-refractivity contribution in [1.29, 1.82) is 0 Å². The number of oxazole rings is 1. The summed E-state index contributed by atoms with van der Waals surface area (Å²) in [4.78, 5) is 19.7. The summed E-state index contributed by atoms with van der Waals surface area (Å²) >= 11 is 0. The van der Waals surface area contributed by atoms with Crippen LogP contribution in [0.15, 0.2) is 174 Å². The second kappa shape index (κ2) is 12.1. The molecule has 5 heteroatoms. The number of hydrogen-bond donors (Lipinski definition) is 0. The van der Waals surface area contributed by atoms with Gasteiger partial charge in [-0.05, 0) is 51.7 Å². The fourth-order valence-corrected chi connectivity index (χ4v) is 6.32. The van der Waals surface area contributed by atoms with Gasteiger partial charge in [-0.25, -0.2) is 19.9 Å². The van der Waals surface area contributed by atoms with Gasteiger partial charge in [0.1, 0.15) is 5.52 Å². The van der Waals surface area contributed by atoms with Crippen LogP contribution in [0.2, 0.25) is 0 Å². The van der Waals surface area contributed by atoms with Crippen LogP contribution in [0.5, 0.6) is 0 Å². The van der Waals surface area contributed by atoms with E-state index in [4.69, 9.17) is 24.4 Å². The van der Waals surface area contributed by atoms with Crippen molar-refractivity contribution >= 4 is 21.9 Å². The average Bonchev–Trinajstić information content (AvgIpc) is 3.63. The molecule has 0 atom stereocenters. The van der Waals surface area contributed by atoms with Crippen LogP contribution in [0, 0.1) is 0 Å². The van der Waals surface area contributed by atoms with E-state index in [9.17, 15) is 0 Å². The normalized spacial score (nSPS) is 11.3. The maximum Gasteiger partial charge on any atom is 0.227 e. The molecule has 49 heavy (non-hydrogen) atoms. The Morgan fingerprint density at radius 3 is 1.49 bits per heavy atom. The van der Waals surface area contributed by atoms with Gasteiger partial charge < -0.3 is 4.42 Å². The van der Waals surface area contributed by atoms with Crippen molar-refractivity contribution in [2.75, 3.05) is 0 Å². The lowest BCUT2D eigenvalue weighted by Gasteiger charge is -2.11. The first-order valence-electron chi connectivity index (χ1n) is 16.2. The third kappa shape index (κ3) is 5.43. The predicted octanol–water partition coefficient (Wildman–Crippen LogP) is 11.2. The van der Waals surface area contributed by atoms with Crippen molar-refractivity contribution in [2.24, 2.45) is 0 Å². The molecule has 0 fully saturated rings. The van der Waals surface area contributed by atoms with E-state index in [0.29, 0.717) is 23.4 Å². The molecular formula is C44H28N4O. The van der Waals surface area contributed by atoms with Crippen LogP contribution in [-0.2, 0) is 0 Å². The highest BCUT2D eigenvalue weighted by Crippen LogP contribution is 2.39. The van der Waals surface area contributed by atoms with Crippen LogP contribution in [0.1, 0.15) is 0 Å². The van der Waals surface area contributed by atoms with Crippen molar-refractivity contribution < 1.29 is 4.42 Å². The molecule has 0 saturated heterocycles. The van der Waals surface area contributed by atoms with Crippen LogP contribution in [0.3, 0.4) is 0 Å². The van der Waals surface area contributed by atoms with E-state index in [-0.39, 0.29) is 0 Å². The van der Waals surface area contributed by atoms with Gasteiger partial charge in [-0.15, -0.1) is 0 Å². The van der Waals surface area contributed by atoms with Gasteiger partial charge in [0, 0.05) is 27.8 Å². The predicted molar refractivity (Wildman–Crippen MR) is 198 cm³/mol. The number of fused-ring (bicyclic) bond motifs is 2. The van der Waals surface area contributed by atoms with Crippen molar-refractivity contribution in [3.05, 3.63) is 170 Å². The van der Waals surface area contributed by atoms with Gasteiger partial charge in [0.15, 0.2) is 23.1 Å². The van der Waals surface area contributed by atoms with Crippen molar-refractivity contribution in [2.45, 2.75) is 0 Å². The monoisotopic (exact) mass is 628 g/mol. The molecule has 0 bridgehead atoms. The highest BCUT2D eigenvalue weighted by atomic mass is 16.3. The maximum absolute atomic E-state index is 6.46. The lowest BCUT2D eigenvalue weighted by molar-refractivity contribution is 0.620. The minimum atomic E-state index is 0.600. The Balaban J connectivity index is 1.17. The van der Waals surface area contributed by atoms with Crippen LogP contribution < -0.4 is 0 Å². The molecule has 0 spiro atoms. The molecule has 9 aromatic rings. The molecule has 0 amide bonds. The quantitative estimate of drug-likeness (QED) is 0.183. The number of hydrogen-bond acceptors (Lipinski definition) is 5. The molecule has 0 aliphatic heterocycles. The second-order valence-electron chi connectivity index (χ2n) is 11.9. The Kier molecular flexibility index (Phi) is 7.06. The molecule has 9 rings (SSSR count). The Morgan fingerprint density at radius 2 is 0.857 bits per heavy atom. The second-order valence-corrected chi connectivity index (χ2v) is 11.9. The number of rotatable bonds is 6. The summed E-state index contributed by atoms with van der Waals surface area (Å²) in [7, 11) is 0. The summed E-state index contributed by atoms with van der Waals surface area (Å²) in [5.41, 5.74) is 9.51. The molecule has 0 saturated carbocycles. The van der Waals surface area contributed by atoms with Gasteiger partial charge in [-0.2, -0.15) is 0 Å². The largest absolute Gasteiger partial charge is 0.436 e. The fraction of sp³-hybridized carbons (Fsp3) is 0. The summed E-state index contributed by atoms with van der Waals surface area (Å²) < 4.78 is 6.46. The zero-order chi connectivity index (χ0) is 32.6. The molecule has 0 aliphatic rings. The number of aromatic nitrogens is 4. The first kappa shape index (κ1) is 28.5. The SMILES string of the molecule is c1ccc(-c2nc(-c3ccccc3)nc(-c3ccc(-c4cc(-c5cccc6ccccc56)c5nc(-c6ccccc6)oc5c4)cc3)n2)cc1. The van der Waals surface area contributed by atoms with Crippen LogP contribution in [0.4, 0.5) is 0 Å². The van der Waals surface area contributed by atoms with Crippen LogP contribution >= 0.6 is 0 Å². The van der Waals surface area contributed by atoms with Crippen LogP contribution in [-0.4, -0.2) is 19.9 Å². The highest BCUT2D eigenvalue weighted by molar-refractivity contribution is 6.05. The Hall–Kier alpha value is -6.72. The smallest absolute Gasteiger partial charge is 0.227 e. The molecule has 0 radical (unpaired) electrons. The zero-order valence-corrected chi connectivity index (χ0v) is 26.4. The number of nitrogens with zero attached hydrogens (tertiary/aromatic N) is 4. The molecule has 2 heterocycles. The summed E-state index contributed by atoms with van der Waals surface area (Å²) in [5.74, 6) is 2.49. The third-order valence-corrected chi connectivity index (χ3v) is 8.77. The average molecular weight is 629 g/mol. The molecular weight excluding hydrogens is 601 g/mol. The first-order valence-corrected chi connectivity index (χ1v) is 16.2. The topological polar surface area (TPSA) is 64.7 Å². The summed E-state index contributed by atoms with van der Waals surface area (Å²) in [6, 6.07) is 57.7.